The molecule has 1 aliphatic rings. The summed E-state index contributed by atoms with van der Waals surface area (Å²) in [7, 11) is 0. The molecular weight excluding hydrogens is 300 g/mol. The fourth-order valence-electron chi connectivity index (χ4n) is 3.81. The van der Waals surface area contributed by atoms with Gasteiger partial charge in [-0.1, -0.05) is 60.7 Å². The SMILES string of the molecule is CC1CN(C(=O)O)CC(C)N1C(c1ccccc1)c1ccccc1. The zero-order valence-corrected chi connectivity index (χ0v) is 14.2. The zero-order valence-electron chi connectivity index (χ0n) is 14.2. The van der Waals surface area contributed by atoms with Gasteiger partial charge < -0.3 is 10.0 Å². The van der Waals surface area contributed by atoms with E-state index in [1.165, 1.54) is 16.0 Å². The average Bonchev–Trinajstić information content (AvgIpc) is 2.59. The summed E-state index contributed by atoms with van der Waals surface area (Å²) in [6, 6.07) is 21.4. The Morgan fingerprint density at radius 3 is 1.71 bits per heavy atom. The Morgan fingerprint density at radius 1 is 0.917 bits per heavy atom. The van der Waals surface area contributed by atoms with Crippen molar-refractivity contribution in [1.29, 1.82) is 0 Å². The second-order valence-corrected chi connectivity index (χ2v) is 6.56. The van der Waals surface area contributed by atoms with E-state index in [4.69, 9.17) is 0 Å². The van der Waals surface area contributed by atoms with Gasteiger partial charge in [-0.2, -0.15) is 0 Å². The lowest BCUT2D eigenvalue weighted by Crippen LogP contribution is -2.58. The number of nitrogens with zero attached hydrogens (tertiary/aromatic N) is 2. The molecule has 1 N–H and O–H groups in total. The van der Waals surface area contributed by atoms with Crippen LogP contribution in [0, 0.1) is 0 Å². The number of rotatable bonds is 3. The molecule has 2 atom stereocenters. The first-order valence-electron chi connectivity index (χ1n) is 8.43. The Hall–Kier alpha value is -2.33. The van der Waals surface area contributed by atoms with E-state index >= 15 is 0 Å². The molecule has 3 rings (SSSR count). The van der Waals surface area contributed by atoms with Gasteiger partial charge >= 0.3 is 6.09 Å². The molecule has 2 unspecified atom stereocenters. The minimum absolute atomic E-state index is 0.133. The first kappa shape index (κ1) is 16.5. The maximum atomic E-state index is 11.4. The van der Waals surface area contributed by atoms with Crippen molar-refractivity contribution in [2.45, 2.75) is 32.0 Å². The monoisotopic (exact) mass is 324 g/mol. The fourth-order valence-corrected chi connectivity index (χ4v) is 3.81. The molecule has 0 aliphatic carbocycles. The number of hydrogen-bond donors (Lipinski definition) is 1. The van der Waals surface area contributed by atoms with Gasteiger partial charge in [-0.25, -0.2) is 4.79 Å². The molecular formula is C20H24N2O2. The maximum absolute atomic E-state index is 11.4. The maximum Gasteiger partial charge on any atom is 0.407 e. The van der Waals surface area contributed by atoms with Crippen LogP contribution in [0.2, 0.25) is 0 Å². The third kappa shape index (κ3) is 3.29. The molecule has 0 radical (unpaired) electrons. The van der Waals surface area contributed by atoms with Gasteiger partial charge in [0.2, 0.25) is 0 Å². The Morgan fingerprint density at radius 2 is 1.33 bits per heavy atom. The molecule has 0 aromatic heterocycles. The number of amides is 1. The van der Waals surface area contributed by atoms with Crippen LogP contribution in [-0.4, -0.2) is 46.2 Å². The lowest BCUT2D eigenvalue weighted by molar-refractivity contribution is 0.0207. The summed E-state index contributed by atoms with van der Waals surface area (Å²) in [5, 5.41) is 9.34. The van der Waals surface area contributed by atoms with E-state index in [1.54, 1.807) is 0 Å². The number of piperazine rings is 1. The number of hydrogen-bond acceptors (Lipinski definition) is 2. The standard InChI is InChI=1S/C20H24N2O2/c1-15-13-21(20(23)24)14-16(2)22(15)19(17-9-5-3-6-10-17)18-11-7-4-8-12-18/h3-12,15-16,19H,13-14H2,1-2H3,(H,23,24). The minimum Gasteiger partial charge on any atom is -0.465 e. The Kier molecular flexibility index (Phi) is 4.86. The van der Waals surface area contributed by atoms with Crippen molar-refractivity contribution in [3.63, 3.8) is 0 Å². The van der Waals surface area contributed by atoms with Gasteiger partial charge in [0.05, 0.1) is 6.04 Å². The lowest BCUT2D eigenvalue weighted by Gasteiger charge is -2.47. The molecule has 2 aromatic carbocycles. The van der Waals surface area contributed by atoms with Crippen LogP contribution < -0.4 is 0 Å². The molecule has 2 aromatic rings. The van der Waals surface area contributed by atoms with Crippen molar-refractivity contribution in [3.05, 3.63) is 71.8 Å². The molecule has 126 valence electrons. The molecule has 0 spiro atoms. The minimum atomic E-state index is -0.829. The highest BCUT2D eigenvalue weighted by molar-refractivity contribution is 5.65. The van der Waals surface area contributed by atoms with Gasteiger partial charge in [-0.05, 0) is 25.0 Å². The van der Waals surface area contributed by atoms with Crippen molar-refractivity contribution in [2.24, 2.45) is 0 Å². The van der Waals surface area contributed by atoms with Crippen LogP contribution in [0.25, 0.3) is 0 Å². The van der Waals surface area contributed by atoms with Gasteiger partial charge in [-0.3, -0.25) is 4.90 Å². The van der Waals surface area contributed by atoms with E-state index in [1.807, 2.05) is 12.1 Å². The van der Waals surface area contributed by atoms with Gasteiger partial charge in [0, 0.05) is 25.2 Å². The second-order valence-electron chi connectivity index (χ2n) is 6.56. The molecule has 4 nitrogen and oxygen atoms in total. The largest absolute Gasteiger partial charge is 0.465 e. The van der Waals surface area contributed by atoms with E-state index in [0.29, 0.717) is 13.1 Å². The second kappa shape index (κ2) is 7.05. The third-order valence-electron chi connectivity index (χ3n) is 4.79. The average molecular weight is 324 g/mol. The van der Waals surface area contributed by atoms with Crippen LogP contribution in [0.1, 0.15) is 31.0 Å². The van der Waals surface area contributed by atoms with E-state index in [9.17, 15) is 9.90 Å². The number of carbonyl (C=O) groups is 1. The van der Waals surface area contributed by atoms with Gasteiger partial charge in [-0.15, -0.1) is 0 Å². The lowest BCUT2D eigenvalue weighted by atomic mass is 9.93. The van der Waals surface area contributed by atoms with Crippen LogP contribution in [0.4, 0.5) is 4.79 Å². The molecule has 0 saturated carbocycles. The van der Waals surface area contributed by atoms with Crippen LogP contribution in [0.5, 0.6) is 0 Å². The molecule has 1 amide bonds. The van der Waals surface area contributed by atoms with E-state index < -0.39 is 6.09 Å². The molecule has 24 heavy (non-hydrogen) atoms. The van der Waals surface area contributed by atoms with Crippen LogP contribution in [0.3, 0.4) is 0 Å². The van der Waals surface area contributed by atoms with Crippen molar-refractivity contribution in [2.75, 3.05) is 13.1 Å². The first-order chi connectivity index (χ1) is 11.6. The predicted molar refractivity (Wildman–Crippen MR) is 95.1 cm³/mol. The molecule has 1 fully saturated rings. The van der Waals surface area contributed by atoms with Gasteiger partial charge in [0.1, 0.15) is 0 Å². The smallest absolute Gasteiger partial charge is 0.407 e. The summed E-state index contributed by atoms with van der Waals surface area (Å²) in [5.41, 5.74) is 2.48. The van der Waals surface area contributed by atoms with Crippen molar-refractivity contribution in [3.8, 4) is 0 Å². The predicted octanol–water partition coefficient (Wildman–Crippen LogP) is 3.85. The van der Waals surface area contributed by atoms with Gasteiger partial charge in [0.25, 0.3) is 0 Å². The number of carboxylic acid groups (broad SMARTS) is 1. The highest BCUT2D eigenvalue weighted by Gasteiger charge is 2.37. The highest BCUT2D eigenvalue weighted by Crippen LogP contribution is 2.34. The topological polar surface area (TPSA) is 43.8 Å². The van der Waals surface area contributed by atoms with Crippen LogP contribution >= 0.6 is 0 Å². The molecule has 1 aliphatic heterocycles. The Labute approximate surface area is 143 Å². The Bertz CT molecular complexity index is 623. The van der Waals surface area contributed by atoms with E-state index in [-0.39, 0.29) is 18.1 Å². The van der Waals surface area contributed by atoms with Crippen molar-refractivity contribution >= 4 is 6.09 Å². The summed E-state index contributed by atoms with van der Waals surface area (Å²) >= 11 is 0. The molecule has 0 bridgehead atoms. The van der Waals surface area contributed by atoms with Gasteiger partial charge in [0.15, 0.2) is 0 Å². The quantitative estimate of drug-likeness (QED) is 0.932. The summed E-state index contributed by atoms with van der Waals surface area (Å²) < 4.78 is 0. The van der Waals surface area contributed by atoms with Crippen LogP contribution in [0.15, 0.2) is 60.7 Å². The molecule has 1 saturated heterocycles. The molecule has 4 heteroatoms. The van der Waals surface area contributed by atoms with Crippen molar-refractivity contribution < 1.29 is 9.90 Å². The van der Waals surface area contributed by atoms with Crippen LogP contribution in [-0.2, 0) is 0 Å². The van der Waals surface area contributed by atoms with E-state index in [0.717, 1.165) is 0 Å². The first-order valence-corrected chi connectivity index (χ1v) is 8.43. The number of benzene rings is 2. The normalized spacial score (nSPS) is 21.9. The molecule has 1 heterocycles. The van der Waals surface area contributed by atoms with E-state index in [2.05, 4.69) is 67.3 Å². The summed E-state index contributed by atoms with van der Waals surface area (Å²) in [4.78, 5) is 15.3. The third-order valence-corrected chi connectivity index (χ3v) is 4.79. The van der Waals surface area contributed by atoms with Crippen molar-refractivity contribution in [1.82, 2.24) is 9.80 Å². The zero-order chi connectivity index (χ0) is 17.1. The highest BCUT2D eigenvalue weighted by atomic mass is 16.4. The fraction of sp³-hybridized carbons (Fsp3) is 0.350. The summed E-state index contributed by atoms with van der Waals surface area (Å²) in [5.74, 6) is 0. The summed E-state index contributed by atoms with van der Waals surface area (Å²) in [6.07, 6.45) is -0.829. The Balaban J connectivity index is 1.98. The summed E-state index contributed by atoms with van der Waals surface area (Å²) in [6.45, 7) is 5.31.